The van der Waals surface area contributed by atoms with Crippen LogP contribution in [0.3, 0.4) is 0 Å². The van der Waals surface area contributed by atoms with E-state index in [4.69, 9.17) is 5.26 Å². The molecule has 0 aromatic heterocycles. The van der Waals surface area contributed by atoms with Crippen LogP contribution in [-0.4, -0.2) is 0 Å². The quantitative estimate of drug-likeness (QED) is 0.325. The Labute approximate surface area is 176 Å². The molecule has 0 saturated heterocycles. The lowest BCUT2D eigenvalue weighted by Gasteiger charge is -2.13. The summed E-state index contributed by atoms with van der Waals surface area (Å²) in [6, 6.07) is 27.6. The molecule has 3 rings (SSSR count). The van der Waals surface area contributed by atoms with Gasteiger partial charge in [0.1, 0.15) is 0 Å². The second-order valence-corrected chi connectivity index (χ2v) is 7.81. The van der Waals surface area contributed by atoms with Crippen molar-refractivity contribution >= 4 is 0 Å². The van der Waals surface area contributed by atoms with E-state index in [9.17, 15) is 0 Å². The molecule has 0 aliphatic carbocycles. The lowest BCUT2D eigenvalue weighted by atomic mass is 9.91. The third-order valence-electron chi connectivity index (χ3n) is 5.56. The van der Waals surface area contributed by atoms with Gasteiger partial charge in [-0.1, -0.05) is 106 Å². The van der Waals surface area contributed by atoms with Crippen LogP contribution in [0.2, 0.25) is 0 Å². The van der Waals surface area contributed by atoms with Gasteiger partial charge in [-0.2, -0.15) is 5.26 Å². The highest BCUT2D eigenvalue weighted by atomic mass is 14.2. The van der Waals surface area contributed by atoms with Crippen LogP contribution in [0.15, 0.2) is 72.8 Å². The Morgan fingerprint density at radius 3 is 2.00 bits per heavy atom. The maximum Gasteiger partial charge on any atom is 0.0991 e. The summed E-state index contributed by atoms with van der Waals surface area (Å²) in [6.45, 7) is 2.27. The predicted octanol–water partition coefficient (Wildman–Crippen LogP) is 8.19. The maximum atomic E-state index is 9.11. The number of benzene rings is 3. The van der Waals surface area contributed by atoms with Gasteiger partial charge >= 0.3 is 0 Å². The van der Waals surface area contributed by atoms with Gasteiger partial charge in [0.15, 0.2) is 0 Å². The Balaban J connectivity index is 1.77. The molecular weight excluding hydrogens is 350 g/mol. The van der Waals surface area contributed by atoms with Crippen LogP contribution in [0.5, 0.6) is 0 Å². The Hall–Kier alpha value is -2.85. The molecule has 0 heterocycles. The van der Waals surface area contributed by atoms with Crippen molar-refractivity contribution in [3.8, 4) is 28.3 Å². The van der Waals surface area contributed by atoms with E-state index in [0.717, 1.165) is 6.42 Å². The Bertz CT molecular complexity index is 917. The fourth-order valence-corrected chi connectivity index (χ4v) is 3.87. The van der Waals surface area contributed by atoms with Crippen LogP contribution < -0.4 is 0 Å². The molecule has 0 bridgehead atoms. The molecule has 0 spiro atoms. The topological polar surface area (TPSA) is 23.8 Å². The molecule has 0 atom stereocenters. The molecule has 29 heavy (non-hydrogen) atoms. The first-order chi connectivity index (χ1) is 14.3. The van der Waals surface area contributed by atoms with Crippen molar-refractivity contribution in [3.05, 3.63) is 83.9 Å². The van der Waals surface area contributed by atoms with E-state index in [1.807, 2.05) is 12.1 Å². The van der Waals surface area contributed by atoms with Crippen molar-refractivity contribution in [1.82, 2.24) is 0 Å². The van der Waals surface area contributed by atoms with Gasteiger partial charge in [-0.25, -0.2) is 0 Å². The summed E-state index contributed by atoms with van der Waals surface area (Å²) >= 11 is 0. The van der Waals surface area contributed by atoms with Gasteiger partial charge in [-0.05, 0) is 52.8 Å². The normalized spacial score (nSPS) is 10.6. The Kier molecular flexibility index (Phi) is 8.08. The molecule has 0 unspecified atom stereocenters. The molecule has 0 N–H and O–H groups in total. The number of unbranched alkanes of at least 4 members (excludes halogenated alkanes) is 6. The molecule has 148 valence electrons. The zero-order valence-corrected chi connectivity index (χ0v) is 17.5. The van der Waals surface area contributed by atoms with Crippen molar-refractivity contribution in [2.45, 2.75) is 58.3 Å². The average Bonchev–Trinajstić information content (AvgIpc) is 2.79. The van der Waals surface area contributed by atoms with Crippen LogP contribution >= 0.6 is 0 Å². The van der Waals surface area contributed by atoms with Crippen molar-refractivity contribution in [3.63, 3.8) is 0 Å². The summed E-state index contributed by atoms with van der Waals surface area (Å²) < 4.78 is 0. The minimum absolute atomic E-state index is 0.703. The van der Waals surface area contributed by atoms with Crippen molar-refractivity contribution in [2.75, 3.05) is 0 Å². The summed E-state index contributed by atoms with van der Waals surface area (Å²) in [6.07, 6.45) is 10.5. The third kappa shape index (κ3) is 6.06. The maximum absolute atomic E-state index is 9.11. The van der Waals surface area contributed by atoms with E-state index in [1.165, 1.54) is 72.8 Å². The minimum atomic E-state index is 0.703. The lowest BCUT2D eigenvalue weighted by Crippen LogP contribution is -1.91. The van der Waals surface area contributed by atoms with Crippen molar-refractivity contribution < 1.29 is 0 Å². The molecule has 0 amide bonds. The lowest BCUT2D eigenvalue weighted by molar-refractivity contribution is 0.589. The highest BCUT2D eigenvalue weighted by molar-refractivity contribution is 5.84. The van der Waals surface area contributed by atoms with E-state index in [1.54, 1.807) is 0 Å². The number of aryl methyl sites for hydroxylation is 1. The van der Waals surface area contributed by atoms with Crippen LogP contribution in [-0.2, 0) is 6.42 Å². The first-order valence-electron chi connectivity index (χ1n) is 11.0. The zero-order chi connectivity index (χ0) is 20.3. The number of hydrogen-bond donors (Lipinski definition) is 0. The van der Waals surface area contributed by atoms with Crippen LogP contribution in [0.25, 0.3) is 22.3 Å². The average molecular weight is 382 g/mol. The second kappa shape index (κ2) is 11.2. The SMILES string of the molecule is CCCCCCCCCc1ccc(-c2ccccc2)c(-c2ccc(C#N)cc2)c1. The number of rotatable bonds is 10. The van der Waals surface area contributed by atoms with E-state index >= 15 is 0 Å². The van der Waals surface area contributed by atoms with Crippen LogP contribution in [0, 0.1) is 11.3 Å². The molecule has 0 saturated carbocycles. The highest BCUT2D eigenvalue weighted by Crippen LogP contribution is 2.33. The Morgan fingerprint density at radius 1 is 0.655 bits per heavy atom. The van der Waals surface area contributed by atoms with Gasteiger partial charge in [0, 0.05) is 0 Å². The highest BCUT2D eigenvalue weighted by Gasteiger charge is 2.09. The number of nitriles is 1. The summed E-state index contributed by atoms with van der Waals surface area (Å²) in [5.74, 6) is 0. The molecule has 3 aromatic rings. The smallest absolute Gasteiger partial charge is 0.0991 e. The second-order valence-electron chi connectivity index (χ2n) is 7.81. The van der Waals surface area contributed by atoms with Gasteiger partial charge in [0.25, 0.3) is 0 Å². The fourth-order valence-electron chi connectivity index (χ4n) is 3.87. The zero-order valence-electron chi connectivity index (χ0n) is 17.5. The Morgan fingerprint density at radius 2 is 1.31 bits per heavy atom. The van der Waals surface area contributed by atoms with E-state index in [-0.39, 0.29) is 0 Å². The van der Waals surface area contributed by atoms with E-state index in [0.29, 0.717) is 5.56 Å². The minimum Gasteiger partial charge on any atom is -0.192 e. The van der Waals surface area contributed by atoms with Crippen molar-refractivity contribution in [2.24, 2.45) is 0 Å². The molecule has 1 nitrogen and oxygen atoms in total. The molecule has 0 aliphatic heterocycles. The van der Waals surface area contributed by atoms with E-state index in [2.05, 4.69) is 73.7 Å². The standard InChI is InChI=1S/C28H31N/c1-2-3-4-5-6-7-9-12-23-17-20-27(25-13-10-8-11-14-25)28(21-23)26-18-15-24(22-29)16-19-26/h8,10-11,13-21H,2-7,9,12H2,1H3. The van der Waals surface area contributed by atoms with Crippen LogP contribution in [0.4, 0.5) is 0 Å². The summed E-state index contributed by atoms with van der Waals surface area (Å²) in [5, 5.41) is 9.11. The first kappa shape index (κ1) is 20.9. The molecule has 3 aromatic carbocycles. The summed E-state index contributed by atoms with van der Waals surface area (Å²) in [4.78, 5) is 0. The number of nitrogens with zero attached hydrogens (tertiary/aromatic N) is 1. The van der Waals surface area contributed by atoms with Crippen LogP contribution in [0.1, 0.15) is 63.0 Å². The molecule has 0 fully saturated rings. The monoisotopic (exact) mass is 381 g/mol. The molecular formula is C28H31N. The molecule has 0 aliphatic rings. The van der Waals surface area contributed by atoms with Gasteiger partial charge in [0.05, 0.1) is 11.6 Å². The summed E-state index contributed by atoms with van der Waals surface area (Å²) in [5.41, 5.74) is 7.00. The molecule has 0 radical (unpaired) electrons. The predicted molar refractivity (Wildman–Crippen MR) is 124 cm³/mol. The van der Waals surface area contributed by atoms with E-state index < -0.39 is 0 Å². The van der Waals surface area contributed by atoms with Gasteiger partial charge in [-0.15, -0.1) is 0 Å². The largest absolute Gasteiger partial charge is 0.192 e. The fraction of sp³-hybridized carbons (Fsp3) is 0.321. The van der Waals surface area contributed by atoms with Gasteiger partial charge < -0.3 is 0 Å². The number of hydrogen-bond acceptors (Lipinski definition) is 1. The molecule has 1 heteroatoms. The third-order valence-corrected chi connectivity index (χ3v) is 5.56. The van der Waals surface area contributed by atoms with Gasteiger partial charge in [0.2, 0.25) is 0 Å². The first-order valence-corrected chi connectivity index (χ1v) is 11.0. The van der Waals surface area contributed by atoms with Crippen molar-refractivity contribution in [1.29, 1.82) is 5.26 Å². The van der Waals surface area contributed by atoms with Gasteiger partial charge in [-0.3, -0.25) is 0 Å². The summed E-state index contributed by atoms with van der Waals surface area (Å²) in [7, 11) is 0.